The van der Waals surface area contributed by atoms with Crippen LogP contribution in [-0.2, 0) is 0 Å². The molecule has 2 heterocycles. The lowest BCUT2D eigenvalue weighted by Gasteiger charge is -2.29. The summed E-state index contributed by atoms with van der Waals surface area (Å²) in [4.78, 5) is 0. The Kier molecular flexibility index (Phi) is 6.91. The number of hydrogen-bond acceptors (Lipinski definition) is 2. The van der Waals surface area contributed by atoms with Crippen LogP contribution in [0.1, 0.15) is 23.5 Å². The number of furan rings is 1. The van der Waals surface area contributed by atoms with Gasteiger partial charge in [-0.2, -0.15) is 0 Å². The summed E-state index contributed by atoms with van der Waals surface area (Å²) in [6.45, 7) is 0. The van der Waals surface area contributed by atoms with Gasteiger partial charge in [0.25, 0.3) is 0 Å². The maximum Gasteiger partial charge on any atom is 0.178 e. The van der Waals surface area contributed by atoms with Gasteiger partial charge in [-0.1, -0.05) is 158 Å². The third-order valence-corrected chi connectivity index (χ3v) is 12.3. The zero-order valence-electron chi connectivity index (χ0n) is 30.7. The van der Waals surface area contributed by atoms with Gasteiger partial charge in [0.2, 0.25) is 0 Å². The predicted octanol–water partition coefficient (Wildman–Crippen LogP) is 14.1. The van der Waals surface area contributed by atoms with Crippen LogP contribution in [0.3, 0.4) is 0 Å². The minimum atomic E-state index is -0.142. The fourth-order valence-electron chi connectivity index (χ4n) is 9.69. The smallest absolute Gasteiger partial charge is 0.178 e. The van der Waals surface area contributed by atoms with Gasteiger partial charge < -0.3 is 9.15 Å². The Hall–Kier alpha value is -6.90. The summed E-state index contributed by atoms with van der Waals surface area (Å²) in [5.74, 6) is 1.34. The van der Waals surface area contributed by atoms with Crippen LogP contribution in [0.2, 0.25) is 0 Å². The van der Waals surface area contributed by atoms with Crippen LogP contribution in [-0.4, -0.2) is 6.10 Å². The highest BCUT2D eigenvalue weighted by molar-refractivity contribution is 6.22. The summed E-state index contributed by atoms with van der Waals surface area (Å²) >= 11 is 0. The van der Waals surface area contributed by atoms with Gasteiger partial charge in [0.15, 0.2) is 11.3 Å². The minimum absolute atomic E-state index is 0.0835. The van der Waals surface area contributed by atoms with Gasteiger partial charge in [-0.05, 0) is 108 Å². The summed E-state index contributed by atoms with van der Waals surface area (Å²) in [6.07, 6.45) is 19.2. The Morgan fingerprint density at radius 1 is 0.571 bits per heavy atom. The summed E-state index contributed by atoms with van der Waals surface area (Å²) in [6, 6.07) is 50.3. The first-order chi connectivity index (χ1) is 27.7. The maximum absolute atomic E-state index is 7.08. The van der Waals surface area contributed by atoms with Crippen LogP contribution in [0.5, 0.6) is 5.75 Å². The number of benzene rings is 7. The van der Waals surface area contributed by atoms with Crippen molar-refractivity contribution in [1.82, 2.24) is 0 Å². The standard InChI is InChI=1S/C54H36O2/c1-3-13-33(14-4-1)45-27-35-17-7-9-19-37(35)29-47(45)39-23-25-43-49(31-39)55-53-51(43)41-21-11-12-22-42(41)52-44-26-24-40(32-50(44)56-54(52)53)48-30-38-20-10-8-18-36(38)28-46(48)34-15-5-2-6-16-34/h1-27,29-32,36,44,50H,28H2. The third-order valence-electron chi connectivity index (χ3n) is 12.3. The summed E-state index contributed by atoms with van der Waals surface area (Å²) in [5.41, 5.74) is 14.1. The number of fused-ring (bicyclic) bond motifs is 12. The number of hydrogen-bond donors (Lipinski definition) is 0. The highest BCUT2D eigenvalue weighted by Crippen LogP contribution is 2.53. The molecule has 0 saturated carbocycles. The normalized spacial score (nSPS) is 19.6. The second kappa shape index (κ2) is 12.3. The first-order valence-electron chi connectivity index (χ1n) is 19.7. The molecule has 2 heteroatoms. The minimum Gasteiger partial charge on any atom is -0.481 e. The maximum atomic E-state index is 7.08. The molecule has 8 aromatic rings. The van der Waals surface area contributed by atoms with Crippen molar-refractivity contribution in [3.63, 3.8) is 0 Å². The summed E-state index contributed by atoms with van der Waals surface area (Å²) in [7, 11) is 0. The van der Waals surface area contributed by atoms with Crippen molar-refractivity contribution in [1.29, 1.82) is 0 Å². The molecule has 0 amide bonds. The van der Waals surface area contributed by atoms with E-state index in [1.807, 2.05) is 0 Å². The average Bonchev–Trinajstić information content (AvgIpc) is 3.85. The van der Waals surface area contributed by atoms with E-state index in [1.54, 1.807) is 0 Å². The molecule has 3 atom stereocenters. The fourth-order valence-corrected chi connectivity index (χ4v) is 9.69. The molecule has 1 aliphatic heterocycles. The Balaban J connectivity index is 1.01. The highest BCUT2D eigenvalue weighted by Gasteiger charge is 2.39. The Bertz CT molecular complexity index is 3130. The molecule has 0 fully saturated rings. The number of ether oxygens (including phenoxy) is 1. The zero-order chi connectivity index (χ0) is 36.7. The third kappa shape index (κ3) is 4.82. The molecule has 7 aromatic carbocycles. The van der Waals surface area contributed by atoms with Crippen molar-refractivity contribution < 1.29 is 9.15 Å². The van der Waals surface area contributed by atoms with Crippen molar-refractivity contribution in [2.75, 3.05) is 0 Å². The monoisotopic (exact) mass is 716 g/mol. The lowest BCUT2D eigenvalue weighted by atomic mass is 9.76. The summed E-state index contributed by atoms with van der Waals surface area (Å²) < 4.78 is 14.1. The molecule has 0 bridgehead atoms. The van der Waals surface area contributed by atoms with Gasteiger partial charge in [-0.15, -0.1) is 0 Å². The zero-order valence-corrected chi connectivity index (χ0v) is 30.7. The molecule has 0 radical (unpaired) electrons. The number of rotatable bonds is 4. The van der Waals surface area contributed by atoms with Crippen molar-refractivity contribution in [2.24, 2.45) is 5.92 Å². The molecule has 56 heavy (non-hydrogen) atoms. The van der Waals surface area contributed by atoms with Crippen LogP contribution in [0.25, 0.3) is 71.3 Å². The van der Waals surface area contributed by atoms with Gasteiger partial charge in [0, 0.05) is 28.2 Å². The summed E-state index contributed by atoms with van der Waals surface area (Å²) in [5, 5.41) is 7.09. The molecule has 3 aliphatic carbocycles. The van der Waals surface area contributed by atoms with E-state index in [2.05, 4.69) is 188 Å². The lowest BCUT2D eigenvalue weighted by molar-refractivity contribution is 0.268. The van der Waals surface area contributed by atoms with E-state index in [4.69, 9.17) is 9.15 Å². The van der Waals surface area contributed by atoms with Crippen LogP contribution in [0.15, 0.2) is 209 Å². The molecular formula is C54H36O2. The Labute approximate surface area is 325 Å². The van der Waals surface area contributed by atoms with E-state index >= 15 is 0 Å². The van der Waals surface area contributed by atoms with E-state index in [0.29, 0.717) is 5.92 Å². The molecular weight excluding hydrogens is 681 g/mol. The molecule has 3 unspecified atom stereocenters. The van der Waals surface area contributed by atoms with Crippen LogP contribution in [0, 0.1) is 5.92 Å². The Morgan fingerprint density at radius 2 is 1.29 bits per heavy atom. The van der Waals surface area contributed by atoms with Gasteiger partial charge in [-0.25, -0.2) is 0 Å². The van der Waals surface area contributed by atoms with Gasteiger partial charge in [0.05, 0.1) is 0 Å². The second-order valence-corrected chi connectivity index (χ2v) is 15.5. The fraction of sp³-hybridized carbons (Fsp3) is 0.0741. The second-order valence-electron chi connectivity index (χ2n) is 15.5. The van der Waals surface area contributed by atoms with Crippen molar-refractivity contribution in [2.45, 2.75) is 18.4 Å². The van der Waals surface area contributed by atoms with E-state index < -0.39 is 0 Å². The molecule has 2 nitrogen and oxygen atoms in total. The average molecular weight is 717 g/mol. The van der Waals surface area contributed by atoms with E-state index in [9.17, 15) is 0 Å². The topological polar surface area (TPSA) is 22.4 Å². The quantitative estimate of drug-likeness (QED) is 0.181. The van der Waals surface area contributed by atoms with Crippen LogP contribution in [0.4, 0.5) is 0 Å². The van der Waals surface area contributed by atoms with E-state index in [-0.39, 0.29) is 12.0 Å². The number of allylic oxidation sites excluding steroid dienone is 10. The lowest BCUT2D eigenvalue weighted by Crippen LogP contribution is -2.19. The Morgan fingerprint density at radius 3 is 2.09 bits per heavy atom. The highest BCUT2D eigenvalue weighted by atomic mass is 16.5. The van der Waals surface area contributed by atoms with Crippen LogP contribution < -0.4 is 4.74 Å². The SMILES string of the molecule is C1=CC2=CC(C3=CC4Oc5c(c6ccccc6c6c5oc5cc(-c7cc8ccccc8cc7-c7ccccc7)ccc56)C4C=C3)=C(c3ccccc3)CC2C=C1. The molecule has 264 valence electrons. The van der Waals surface area contributed by atoms with Gasteiger partial charge >= 0.3 is 0 Å². The molecule has 0 spiro atoms. The predicted molar refractivity (Wildman–Crippen MR) is 232 cm³/mol. The molecule has 12 rings (SSSR count). The van der Waals surface area contributed by atoms with Gasteiger partial charge in [-0.3, -0.25) is 0 Å². The van der Waals surface area contributed by atoms with Crippen molar-refractivity contribution in [3.8, 4) is 28.0 Å². The molecule has 4 aliphatic rings. The van der Waals surface area contributed by atoms with Crippen LogP contribution >= 0.6 is 0 Å². The molecule has 1 aromatic heterocycles. The van der Waals surface area contributed by atoms with Gasteiger partial charge in [0.1, 0.15) is 11.7 Å². The molecule has 0 N–H and O–H groups in total. The molecule has 0 saturated heterocycles. The first-order valence-corrected chi connectivity index (χ1v) is 19.7. The van der Waals surface area contributed by atoms with E-state index in [1.165, 1.54) is 71.7 Å². The largest absolute Gasteiger partial charge is 0.481 e. The van der Waals surface area contributed by atoms with E-state index in [0.717, 1.165) is 39.7 Å². The van der Waals surface area contributed by atoms with Crippen molar-refractivity contribution in [3.05, 3.63) is 216 Å². The van der Waals surface area contributed by atoms with Crippen molar-refractivity contribution >= 4 is 49.1 Å². The first kappa shape index (κ1) is 31.5.